The Kier molecular flexibility index (Phi) is 7.26. The number of carbonyl (C=O) groups is 1. The van der Waals surface area contributed by atoms with Gasteiger partial charge in [-0.2, -0.15) is 18.2 Å². The van der Waals surface area contributed by atoms with Crippen molar-refractivity contribution >= 4 is 17.4 Å². The molecule has 0 fully saturated rings. The van der Waals surface area contributed by atoms with Crippen molar-refractivity contribution in [2.45, 2.75) is 51.7 Å². The highest BCUT2D eigenvalue weighted by molar-refractivity contribution is 7.04. The average molecular weight is 432 g/mol. The Morgan fingerprint density at radius 2 is 1.90 bits per heavy atom. The number of carbonyl (C=O) groups excluding carboxylic acids is 1. The monoisotopic (exact) mass is 432 g/mol. The normalized spacial score (nSPS) is 13.0. The van der Waals surface area contributed by atoms with Crippen molar-refractivity contribution < 1.29 is 27.1 Å². The number of alkyl halides is 4. The van der Waals surface area contributed by atoms with Gasteiger partial charge in [0.15, 0.2) is 0 Å². The second-order valence-corrected chi connectivity index (χ2v) is 8.49. The van der Waals surface area contributed by atoms with Gasteiger partial charge in [0.1, 0.15) is 10.4 Å². The number of aryl methyl sites for hydroxylation is 1. The fraction of sp³-hybridized carbons (Fsp3) is 0.500. The van der Waals surface area contributed by atoms with Gasteiger partial charge in [-0.05, 0) is 69.8 Å². The molecule has 160 valence electrons. The molecule has 0 aliphatic rings. The topological polar surface area (TPSA) is 43.6 Å². The molecule has 4 nitrogen and oxygen atoms in total. The summed E-state index contributed by atoms with van der Waals surface area (Å²) < 4.78 is 59.0. The van der Waals surface area contributed by atoms with E-state index in [4.69, 9.17) is 4.74 Å². The molecule has 0 N–H and O–H groups in total. The van der Waals surface area contributed by atoms with E-state index in [2.05, 4.69) is 4.99 Å². The molecule has 0 saturated heterocycles. The van der Waals surface area contributed by atoms with Crippen LogP contribution in [0, 0.1) is 0 Å². The fourth-order valence-corrected chi connectivity index (χ4v) is 3.62. The highest BCUT2D eigenvalue weighted by atomic mass is 32.1. The maximum absolute atomic E-state index is 13.1. The number of hydrogen-bond donors (Lipinski definition) is 0. The Balaban J connectivity index is 2.52. The number of amides is 1. The molecule has 0 aliphatic heterocycles. The smallest absolute Gasteiger partial charge is 0.416 e. The predicted octanol–water partition coefficient (Wildman–Crippen LogP) is 5.37. The van der Waals surface area contributed by atoms with Crippen molar-refractivity contribution in [1.29, 1.82) is 0 Å². The number of rotatable bonds is 6. The third-order valence-corrected chi connectivity index (χ3v) is 5.56. The Labute approximate surface area is 171 Å². The lowest BCUT2D eigenvalue weighted by molar-refractivity contribution is -0.137. The standard InChI is InChI=1S/C20H24F4N2O2S/c1-19(2,3)26-12-13(7-5-6-10-21)18(29-26)25-17(27)15-11-14(20(22,23)24)8-9-16(15)28-4/h8-9,11-12H,5-7,10H2,1-4H3/b25-18-. The SMILES string of the molecule is COc1ccc(C(F)(F)F)cc1C(=O)/N=c1\sn(C(C)(C)C)cc1CCCCF. The van der Waals surface area contributed by atoms with E-state index < -0.39 is 24.3 Å². The van der Waals surface area contributed by atoms with Gasteiger partial charge in [-0.15, -0.1) is 0 Å². The van der Waals surface area contributed by atoms with Crippen molar-refractivity contribution in [2.75, 3.05) is 13.8 Å². The van der Waals surface area contributed by atoms with Crippen LogP contribution in [0.4, 0.5) is 17.6 Å². The molecule has 29 heavy (non-hydrogen) atoms. The van der Waals surface area contributed by atoms with E-state index in [9.17, 15) is 22.4 Å². The summed E-state index contributed by atoms with van der Waals surface area (Å²) in [5.74, 6) is -0.798. The van der Waals surface area contributed by atoms with Crippen molar-refractivity contribution in [1.82, 2.24) is 3.96 Å². The second kappa shape index (κ2) is 9.11. The van der Waals surface area contributed by atoms with Crippen LogP contribution >= 0.6 is 11.5 Å². The second-order valence-electron chi connectivity index (χ2n) is 7.52. The molecule has 1 aromatic carbocycles. The van der Waals surface area contributed by atoms with Gasteiger partial charge in [0.25, 0.3) is 5.91 Å². The molecule has 2 rings (SSSR count). The lowest BCUT2D eigenvalue weighted by Crippen LogP contribution is -2.18. The molecule has 1 heterocycles. The maximum atomic E-state index is 13.1. The van der Waals surface area contributed by atoms with Crippen molar-refractivity contribution in [2.24, 2.45) is 4.99 Å². The minimum Gasteiger partial charge on any atom is -0.496 e. The number of benzene rings is 1. The van der Waals surface area contributed by atoms with E-state index in [1.807, 2.05) is 30.9 Å². The summed E-state index contributed by atoms with van der Waals surface area (Å²) in [7, 11) is 1.28. The van der Waals surface area contributed by atoms with Gasteiger partial charge in [-0.25, -0.2) is 0 Å². The number of unbranched alkanes of at least 4 members (excludes halogenated alkanes) is 1. The lowest BCUT2D eigenvalue weighted by Gasteiger charge is -2.19. The summed E-state index contributed by atoms with van der Waals surface area (Å²) in [5.41, 5.74) is -0.703. The van der Waals surface area contributed by atoms with E-state index in [0.717, 1.165) is 23.8 Å². The molecular weight excluding hydrogens is 408 g/mol. The Morgan fingerprint density at radius 3 is 2.45 bits per heavy atom. The summed E-state index contributed by atoms with van der Waals surface area (Å²) in [5, 5.41) is 0. The summed E-state index contributed by atoms with van der Waals surface area (Å²) in [6.07, 6.45) is -1.23. The van der Waals surface area contributed by atoms with E-state index in [1.54, 1.807) is 0 Å². The Hall–Kier alpha value is -2.16. The molecule has 1 aromatic heterocycles. The van der Waals surface area contributed by atoms with Crippen molar-refractivity contribution in [3.05, 3.63) is 45.8 Å². The molecule has 1 amide bonds. The quantitative estimate of drug-likeness (QED) is 0.455. The maximum Gasteiger partial charge on any atom is 0.416 e. The third kappa shape index (κ3) is 5.91. The first kappa shape index (κ1) is 23.1. The zero-order valence-corrected chi connectivity index (χ0v) is 17.6. The van der Waals surface area contributed by atoms with Crippen LogP contribution in [-0.4, -0.2) is 23.6 Å². The summed E-state index contributed by atoms with van der Waals surface area (Å²) in [6.45, 7) is 5.51. The van der Waals surface area contributed by atoms with Gasteiger partial charge in [-0.1, -0.05) is 0 Å². The third-order valence-electron chi connectivity index (χ3n) is 4.18. The predicted molar refractivity (Wildman–Crippen MR) is 104 cm³/mol. The molecule has 0 spiro atoms. The molecule has 0 bridgehead atoms. The van der Waals surface area contributed by atoms with Gasteiger partial charge >= 0.3 is 6.18 Å². The Morgan fingerprint density at radius 1 is 1.21 bits per heavy atom. The first-order chi connectivity index (χ1) is 13.5. The molecule has 0 unspecified atom stereocenters. The number of ether oxygens (including phenoxy) is 1. The van der Waals surface area contributed by atoms with Crippen molar-refractivity contribution in [3.63, 3.8) is 0 Å². The van der Waals surface area contributed by atoms with Gasteiger partial charge < -0.3 is 4.74 Å². The Bertz CT molecular complexity index is 924. The highest BCUT2D eigenvalue weighted by Gasteiger charge is 2.32. The van der Waals surface area contributed by atoms with Crippen LogP contribution in [-0.2, 0) is 18.1 Å². The van der Waals surface area contributed by atoms with Crippen LogP contribution in [0.15, 0.2) is 29.4 Å². The van der Waals surface area contributed by atoms with Gasteiger partial charge in [0.05, 0.1) is 24.9 Å². The lowest BCUT2D eigenvalue weighted by atomic mass is 10.1. The number of hydrogen-bond acceptors (Lipinski definition) is 3. The number of nitrogens with zero attached hydrogens (tertiary/aromatic N) is 2. The first-order valence-corrected chi connectivity index (χ1v) is 9.87. The van der Waals surface area contributed by atoms with Crippen molar-refractivity contribution in [3.8, 4) is 5.75 Å². The molecule has 0 radical (unpaired) electrons. The minimum absolute atomic E-state index is 0.0194. The molecule has 0 atom stereocenters. The van der Waals surface area contributed by atoms with Crippen LogP contribution in [0.3, 0.4) is 0 Å². The fourth-order valence-electron chi connectivity index (χ4n) is 2.58. The highest BCUT2D eigenvalue weighted by Crippen LogP contribution is 2.32. The van der Waals surface area contributed by atoms with Crippen LogP contribution < -0.4 is 9.41 Å². The number of halogens is 4. The largest absolute Gasteiger partial charge is 0.496 e. The zero-order valence-electron chi connectivity index (χ0n) is 16.8. The van der Waals surface area contributed by atoms with E-state index in [1.165, 1.54) is 18.6 Å². The number of aromatic nitrogens is 1. The number of methoxy groups -OCH3 is 1. The van der Waals surface area contributed by atoms with Crippen LogP contribution in [0.1, 0.15) is 55.1 Å². The van der Waals surface area contributed by atoms with Crippen LogP contribution in [0.5, 0.6) is 5.75 Å². The van der Waals surface area contributed by atoms with E-state index in [0.29, 0.717) is 23.9 Å². The average Bonchev–Trinajstić information content (AvgIpc) is 3.03. The van der Waals surface area contributed by atoms with E-state index >= 15 is 0 Å². The summed E-state index contributed by atoms with van der Waals surface area (Å²) >= 11 is 1.24. The van der Waals surface area contributed by atoms with Gasteiger partial charge in [0.2, 0.25) is 0 Å². The molecule has 2 aromatic rings. The van der Waals surface area contributed by atoms with Gasteiger partial charge in [-0.3, -0.25) is 13.1 Å². The van der Waals surface area contributed by atoms with Crippen LogP contribution in [0.2, 0.25) is 0 Å². The van der Waals surface area contributed by atoms with Crippen LogP contribution in [0.25, 0.3) is 0 Å². The molecular formula is C20H24F4N2O2S. The zero-order chi connectivity index (χ0) is 21.8. The van der Waals surface area contributed by atoms with E-state index in [-0.39, 0.29) is 16.9 Å². The molecule has 9 heteroatoms. The molecule has 0 aliphatic carbocycles. The summed E-state index contributed by atoms with van der Waals surface area (Å²) in [6, 6.07) is 2.72. The van der Waals surface area contributed by atoms with Gasteiger partial charge in [0, 0.05) is 17.3 Å². The first-order valence-electron chi connectivity index (χ1n) is 9.10. The summed E-state index contributed by atoms with van der Waals surface area (Å²) in [4.78, 5) is 16.8. The minimum atomic E-state index is -4.59. The molecule has 0 saturated carbocycles.